The fraction of sp³-hybridized carbons (Fsp3) is 0.0909. The van der Waals surface area contributed by atoms with Crippen molar-refractivity contribution in [1.29, 1.82) is 0 Å². The molecule has 0 amide bonds. The summed E-state index contributed by atoms with van der Waals surface area (Å²) in [4.78, 5) is 0. The first kappa shape index (κ1) is 15.3. The molecule has 0 aliphatic rings. The van der Waals surface area contributed by atoms with Gasteiger partial charge in [0.1, 0.15) is 4.21 Å². The zero-order chi connectivity index (χ0) is 14.0. The van der Waals surface area contributed by atoms with Gasteiger partial charge in [-0.05, 0) is 39.7 Å². The minimum Gasteiger partial charge on any atom is -0.206 e. The summed E-state index contributed by atoms with van der Waals surface area (Å²) >= 11 is 15.9. The van der Waals surface area contributed by atoms with E-state index in [-0.39, 0.29) is 10.8 Å². The van der Waals surface area contributed by atoms with Crippen LogP contribution in [0.2, 0.25) is 10.0 Å². The number of thiophene rings is 1. The van der Waals surface area contributed by atoms with E-state index < -0.39 is 10.0 Å². The molecule has 0 fully saturated rings. The van der Waals surface area contributed by atoms with Gasteiger partial charge in [-0.3, -0.25) is 0 Å². The van der Waals surface area contributed by atoms with Crippen molar-refractivity contribution in [3.63, 3.8) is 0 Å². The van der Waals surface area contributed by atoms with Gasteiger partial charge in [0, 0.05) is 11.6 Å². The third-order valence-corrected chi connectivity index (χ3v) is 6.87. The third kappa shape index (κ3) is 3.93. The predicted molar refractivity (Wildman–Crippen MR) is 82.5 cm³/mol. The maximum Gasteiger partial charge on any atom is 0.250 e. The Morgan fingerprint density at radius 1 is 1.21 bits per heavy atom. The van der Waals surface area contributed by atoms with Crippen LogP contribution < -0.4 is 4.72 Å². The molecular weight excluding hydrogens is 393 g/mol. The molecule has 2 aromatic rings. The summed E-state index contributed by atoms with van der Waals surface area (Å²) in [5.41, 5.74) is 0.828. The lowest BCUT2D eigenvalue weighted by atomic mass is 10.2. The van der Waals surface area contributed by atoms with Crippen LogP contribution in [0, 0.1) is 0 Å². The van der Waals surface area contributed by atoms with Crippen molar-refractivity contribution in [2.75, 3.05) is 0 Å². The van der Waals surface area contributed by atoms with Crippen molar-refractivity contribution in [2.24, 2.45) is 0 Å². The van der Waals surface area contributed by atoms with E-state index in [1.165, 1.54) is 6.07 Å². The number of nitrogens with one attached hydrogen (secondary N) is 1. The van der Waals surface area contributed by atoms with E-state index in [2.05, 4.69) is 20.7 Å². The van der Waals surface area contributed by atoms with E-state index >= 15 is 0 Å². The van der Waals surface area contributed by atoms with Gasteiger partial charge >= 0.3 is 0 Å². The Balaban J connectivity index is 2.11. The normalized spacial score (nSPS) is 11.7. The SMILES string of the molecule is O=S(=O)(NCc1ccc(Cl)cc1)c1cc(Cl)c(Br)s1. The molecule has 0 unspecified atom stereocenters. The van der Waals surface area contributed by atoms with Gasteiger partial charge in [0.25, 0.3) is 0 Å². The van der Waals surface area contributed by atoms with E-state index in [0.717, 1.165) is 16.9 Å². The standard InChI is InChI=1S/C11H8BrCl2NO2S2/c12-11-9(14)5-10(18-11)19(16,17)15-6-7-1-3-8(13)4-2-7/h1-5,15H,6H2. The lowest BCUT2D eigenvalue weighted by molar-refractivity contribution is 0.583. The number of benzene rings is 1. The second kappa shape index (κ2) is 6.11. The maximum atomic E-state index is 12.0. The van der Waals surface area contributed by atoms with Gasteiger partial charge in [0.05, 0.1) is 8.81 Å². The van der Waals surface area contributed by atoms with Crippen molar-refractivity contribution in [3.05, 3.63) is 49.7 Å². The van der Waals surface area contributed by atoms with Crippen LogP contribution in [0.15, 0.2) is 38.3 Å². The molecule has 1 aromatic carbocycles. The number of sulfonamides is 1. The Kier molecular flexibility index (Phi) is 4.92. The molecule has 1 heterocycles. The zero-order valence-electron chi connectivity index (χ0n) is 9.36. The van der Waals surface area contributed by atoms with Crippen LogP contribution in [0.3, 0.4) is 0 Å². The summed E-state index contributed by atoms with van der Waals surface area (Å²) in [7, 11) is -3.55. The fourth-order valence-corrected chi connectivity index (χ4v) is 4.90. The van der Waals surface area contributed by atoms with Crippen LogP contribution in [-0.2, 0) is 16.6 Å². The minimum atomic E-state index is -3.55. The molecule has 3 nitrogen and oxygen atoms in total. The van der Waals surface area contributed by atoms with Gasteiger partial charge in [-0.15, -0.1) is 11.3 Å². The molecule has 1 aromatic heterocycles. The lowest BCUT2D eigenvalue weighted by Gasteiger charge is -2.04. The third-order valence-electron chi connectivity index (χ3n) is 2.27. The van der Waals surface area contributed by atoms with Gasteiger partial charge in [0.15, 0.2) is 0 Å². The van der Waals surface area contributed by atoms with Gasteiger partial charge in [-0.2, -0.15) is 0 Å². The highest BCUT2D eigenvalue weighted by atomic mass is 79.9. The predicted octanol–water partition coefficient (Wildman–Crippen LogP) is 4.30. The van der Waals surface area contributed by atoms with Gasteiger partial charge in [-0.1, -0.05) is 35.3 Å². The van der Waals surface area contributed by atoms with Crippen LogP contribution in [0.4, 0.5) is 0 Å². The molecule has 1 N–H and O–H groups in total. The molecule has 0 saturated carbocycles. The second-order valence-electron chi connectivity index (χ2n) is 3.64. The van der Waals surface area contributed by atoms with Crippen LogP contribution in [0.5, 0.6) is 0 Å². The van der Waals surface area contributed by atoms with Crippen molar-refractivity contribution >= 4 is 60.5 Å². The molecule has 0 atom stereocenters. The molecule has 0 saturated heterocycles. The summed E-state index contributed by atoms with van der Waals surface area (Å²) in [6, 6.07) is 8.37. The van der Waals surface area contributed by atoms with Crippen molar-refractivity contribution in [2.45, 2.75) is 10.8 Å². The maximum absolute atomic E-state index is 12.0. The van der Waals surface area contributed by atoms with Crippen molar-refractivity contribution in [3.8, 4) is 0 Å². The molecule has 102 valence electrons. The Labute approximate surface area is 133 Å². The summed E-state index contributed by atoms with van der Waals surface area (Å²) in [6.07, 6.45) is 0. The first-order valence-electron chi connectivity index (χ1n) is 5.07. The first-order chi connectivity index (χ1) is 8.88. The molecule has 8 heteroatoms. The van der Waals surface area contributed by atoms with E-state index in [9.17, 15) is 8.42 Å². The number of hydrogen-bond donors (Lipinski definition) is 1. The summed E-state index contributed by atoms with van der Waals surface area (Å²) in [5, 5.41) is 0.998. The second-order valence-corrected chi connectivity index (χ2v) is 8.85. The lowest BCUT2D eigenvalue weighted by Crippen LogP contribution is -2.22. The topological polar surface area (TPSA) is 46.2 Å². The number of halogens is 3. The molecule has 0 aliphatic carbocycles. The molecular formula is C11H8BrCl2NO2S2. The summed E-state index contributed by atoms with van der Waals surface area (Å²) in [5.74, 6) is 0. The number of hydrogen-bond acceptors (Lipinski definition) is 3. The molecule has 0 bridgehead atoms. The number of rotatable bonds is 4. The molecule has 0 aliphatic heterocycles. The van der Waals surface area contributed by atoms with E-state index in [1.54, 1.807) is 24.3 Å². The van der Waals surface area contributed by atoms with Crippen LogP contribution >= 0.6 is 50.5 Å². The molecule has 0 spiro atoms. The minimum absolute atomic E-state index is 0.179. The van der Waals surface area contributed by atoms with E-state index in [4.69, 9.17) is 23.2 Å². The average molecular weight is 401 g/mol. The van der Waals surface area contributed by atoms with Crippen LogP contribution in [0.1, 0.15) is 5.56 Å². The van der Waals surface area contributed by atoms with E-state index in [0.29, 0.717) is 13.8 Å². The smallest absolute Gasteiger partial charge is 0.206 e. The Morgan fingerprint density at radius 3 is 2.37 bits per heavy atom. The summed E-state index contributed by atoms with van der Waals surface area (Å²) < 4.78 is 27.4. The van der Waals surface area contributed by atoms with Crippen molar-refractivity contribution in [1.82, 2.24) is 4.72 Å². The summed E-state index contributed by atoms with van der Waals surface area (Å²) in [6.45, 7) is 0.201. The Hall–Kier alpha value is -0.110. The fourth-order valence-electron chi connectivity index (χ4n) is 1.31. The van der Waals surface area contributed by atoms with Gasteiger partial charge in [0.2, 0.25) is 10.0 Å². The Morgan fingerprint density at radius 2 is 1.84 bits per heavy atom. The molecule has 19 heavy (non-hydrogen) atoms. The van der Waals surface area contributed by atoms with Crippen LogP contribution in [-0.4, -0.2) is 8.42 Å². The molecule has 2 rings (SSSR count). The van der Waals surface area contributed by atoms with Gasteiger partial charge < -0.3 is 0 Å². The monoisotopic (exact) mass is 399 g/mol. The van der Waals surface area contributed by atoms with Crippen LogP contribution in [0.25, 0.3) is 0 Å². The highest BCUT2D eigenvalue weighted by molar-refractivity contribution is 9.11. The Bertz CT molecular complexity index is 664. The largest absolute Gasteiger partial charge is 0.250 e. The van der Waals surface area contributed by atoms with Crippen molar-refractivity contribution < 1.29 is 8.42 Å². The highest BCUT2D eigenvalue weighted by Crippen LogP contribution is 2.34. The molecule has 0 radical (unpaired) electrons. The average Bonchev–Trinajstić information content (AvgIpc) is 2.70. The zero-order valence-corrected chi connectivity index (χ0v) is 14.1. The first-order valence-corrected chi connectivity index (χ1v) is 8.92. The van der Waals surface area contributed by atoms with E-state index in [1.807, 2.05) is 0 Å². The quantitative estimate of drug-likeness (QED) is 0.831. The highest BCUT2D eigenvalue weighted by Gasteiger charge is 2.18. The van der Waals surface area contributed by atoms with Gasteiger partial charge in [-0.25, -0.2) is 13.1 Å².